The van der Waals surface area contributed by atoms with Crippen LogP contribution in [-0.4, -0.2) is 61.6 Å². The first-order valence-corrected chi connectivity index (χ1v) is 9.62. The molecule has 1 aromatic rings. The molecule has 5 nitrogen and oxygen atoms in total. The van der Waals surface area contributed by atoms with Crippen molar-refractivity contribution < 1.29 is 14.3 Å². The van der Waals surface area contributed by atoms with Crippen molar-refractivity contribution in [2.24, 2.45) is 5.92 Å². The number of carbonyl (C=O) groups excluding carboxylic acids is 1. The molecule has 1 saturated heterocycles. The van der Waals surface area contributed by atoms with E-state index < -0.39 is 0 Å². The lowest BCUT2D eigenvalue weighted by atomic mass is 10.1. The second-order valence-electron chi connectivity index (χ2n) is 6.92. The monoisotopic (exact) mass is 346 g/mol. The number of rotatable bonds is 7. The molecule has 0 bridgehead atoms. The highest BCUT2D eigenvalue weighted by Gasteiger charge is 2.27. The van der Waals surface area contributed by atoms with Gasteiger partial charge in [0.25, 0.3) is 5.91 Å². The van der Waals surface area contributed by atoms with Gasteiger partial charge in [-0.25, -0.2) is 0 Å². The fourth-order valence-corrected chi connectivity index (χ4v) is 3.39. The van der Waals surface area contributed by atoms with Crippen molar-refractivity contribution in [1.29, 1.82) is 0 Å². The van der Waals surface area contributed by atoms with Gasteiger partial charge in [0, 0.05) is 31.7 Å². The summed E-state index contributed by atoms with van der Waals surface area (Å²) in [6.45, 7) is 9.95. The predicted octanol–water partition coefficient (Wildman–Crippen LogP) is 3.04. The Kier molecular flexibility index (Phi) is 6.19. The van der Waals surface area contributed by atoms with Crippen LogP contribution in [0, 0.1) is 5.92 Å². The van der Waals surface area contributed by atoms with Crippen LogP contribution < -0.4 is 9.47 Å². The van der Waals surface area contributed by atoms with Gasteiger partial charge in [0.2, 0.25) is 0 Å². The average molecular weight is 346 g/mol. The zero-order valence-electron chi connectivity index (χ0n) is 15.5. The summed E-state index contributed by atoms with van der Waals surface area (Å²) in [5, 5.41) is 0. The summed E-state index contributed by atoms with van der Waals surface area (Å²) in [5.74, 6) is 2.35. The first kappa shape index (κ1) is 18.1. The van der Waals surface area contributed by atoms with Gasteiger partial charge in [0.05, 0.1) is 13.2 Å². The lowest BCUT2D eigenvalue weighted by molar-refractivity contribution is 0.0760. The second kappa shape index (κ2) is 8.56. The number of nitrogens with zero attached hydrogens (tertiary/aromatic N) is 2. The van der Waals surface area contributed by atoms with Crippen LogP contribution in [0.25, 0.3) is 0 Å². The highest BCUT2D eigenvalue weighted by Crippen LogP contribution is 2.31. The molecule has 0 atom stereocenters. The molecule has 0 N–H and O–H groups in total. The molecule has 3 rings (SSSR count). The van der Waals surface area contributed by atoms with Crippen molar-refractivity contribution in [2.45, 2.75) is 33.1 Å². The molecule has 0 aromatic heterocycles. The van der Waals surface area contributed by atoms with Crippen molar-refractivity contribution in [3.63, 3.8) is 0 Å². The molecule has 0 spiro atoms. The Hall–Kier alpha value is -1.75. The number of hydrogen-bond acceptors (Lipinski definition) is 4. The van der Waals surface area contributed by atoms with E-state index in [2.05, 4.69) is 4.90 Å². The van der Waals surface area contributed by atoms with Crippen LogP contribution in [0.15, 0.2) is 18.2 Å². The molecule has 2 fully saturated rings. The normalized spacial score (nSPS) is 18.7. The highest BCUT2D eigenvalue weighted by molar-refractivity contribution is 5.95. The summed E-state index contributed by atoms with van der Waals surface area (Å²) in [5.41, 5.74) is 0.683. The summed E-state index contributed by atoms with van der Waals surface area (Å²) in [6.07, 6.45) is 3.81. The molecule has 5 heteroatoms. The quantitative estimate of drug-likeness (QED) is 0.761. The van der Waals surface area contributed by atoms with E-state index >= 15 is 0 Å². The molecule has 0 unspecified atom stereocenters. The minimum absolute atomic E-state index is 0.0947. The lowest BCUT2D eigenvalue weighted by Crippen LogP contribution is -2.35. The minimum Gasteiger partial charge on any atom is -0.490 e. The maximum absolute atomic E-state index is 12.9. The Morgan fingerprint density at radius 3 is 2.52 bits per heavy atom. The average Bonchev–Trinajstić information content (AvgIpc) is 3.44. The van der Waals surface area contributed by atoms with Gasteiger partial charge in [-0.2, -0.15) is 0 Å². The zero-order valence-corrected chi connectivity index (χ0v) is 15.5. The number of ether oxygens (including phenoxy) is 2. The second-order valence-corrected chi connectivity index (χ2v) is 6.92. The SMILES string of the molecule is CCOc1ccc(C(=O)N2CCCN(CC3CC3)CC2)cc1OCC. The largest absolute Gasteiger partial charge is 0.490 e. The van der Waals surface area contributed by atoms with E-state index in [4.69, 9.17) is 9.47 Å². The molecule has 1 aromatic carbocycles. The molecule has 1 aliphatic carbocycles. The summed E-state index contributed by atoms with van der Waals surface area (Å²) >= 11 is 0. The molecule has 0 radical (unpaired) electrons. The van der Waals surface area contributed by atoms with Crippen LogP contribution in [-0.2, 0) is 0 Å². The van der Waals surface area contributed by atoms with Gasteiger partial charge < -0.3 is 19.3 Å². The smallest absolute Gasteiger partial charge is 0.254 e. The van der Waals surface area contributed by atoms with Gasteiger partial charge in [-0.15, -0.1) is 0 Å². The Morgan fingerprint density at radius 2 is 1.80 bits per heavy atom. The van der Waals surface area contributed by atoms with Crippen LogP contribution in [0.3, 0.4) is 0 Å². The van der Waals surface area contributed by atoms with E-state index in [1.54, 1.807) is 0 Å². The fourth-order valence-electron chi connectivity index (χ4n) is 3.39. The van der Waals surface area contributed by atoms with Crippen molar-refractivity contribution in [2.75, 3.05) is 45.9 Å². The molecule has 1 amide bonds. The van der Waals surface area contributed by atoms with Crippen molar-refractivity contribution in [1.82, 2.24) is 9.80 Å². The first-order valence-electron chi connectivity index (χ1n) is 9.62. The van der Waals surface area contributed by atoms with Crippen molar-refractivity contribution in [3.8, 4) is 11.5 Å². The van der Waals surface area contributed by atoms with Crippen LogP contribution >= 0.6 is 0 Å². The number of benzene rings is 1. The Morgan fingerprint density at radius 1 is 1.04 bits per heavy atom. The minimum atomic E-state index is 0.0947. The maximum atomic E-state index is 12.9. The highest BCUT2D eigenvalue weighted by atomic mass is 16.5. The lowest BCUT2D eigenvalue weighted by Gasteiger charge is -2.22. The number of amides is 1. The van der Waals surface area contributed by atoms with E-state index in [0.717, 1.165) is 38.5 Å². The molecule has 1 heterocycles. The third-order valence-electron chi connectivity index (χ3n) is 4.88. The molecule has 138 valence electrons. The molecule has 25 heavy (non-hydrogen) atoms. The van der Waals surface area contributed by atoms with E-state index in [1.807, 2.05) is 36.9 Å². The van der Waals surface area contributed by atoms with E-state index in [0.29, 0.717) is 30.3 Å². The van der Waals surface area contributed by atoms with E-state index in [-0.39, 0.29) is 5.91 Å². The summed E-state index contributed by atoms with van der Waals surface area (Å²) < 4.78 is 11.2. The van der Waals surface area contributed by atoms with Crippen LogP contribution in [0.1, 0.15) is 43.5 Å². The zero-order chi connectivity index (χ0) is 17.6. The number of carbonyl (C=O) groups is 1. The Labute approximate surface area is 150 Å². The van der Waals surface area contributed by atoms with E-state index in [1.165, 1.54) is 19.4 Å². The van der Waals surface area contributed by atoms with Crippen molar-refractivity contribution >= 4 is 5.91 Å². The van der Waals surface area contributed by atoms with E-state index in [9.17, 15) is 4.79 Å². The van der Waals surface area contributed by atoms with Gasteiger partial charge in [-0.05, 0) is 63.8 Å². The Balaban J connectivity index is 1.65. The fraction of sp³-hybridized carbons (Fsp3) is 0.650. The summed E-state index contributed by atoms with van der Waals surface area (Å²) in [6, 6.07) is 5.52. The molecular formula is C20H30N2O3. The maximum Gasteiger partial charge on any atom is 0.254 e. The van der Waals surface area contributed by atoms with Gasteiger partial charge in [-0.3, -0.25) is 4.79 Å². The van der Waals surface area contributed by atoms with Gasteiger partial charge in [-0.1, -0.05) is 0 Å². The van der Waals surface area contributed by atoms with Crippen LogP contribution in [0.4, 0.5) is 0 Å². The molecular weight excluding hydrogens is 316 g/mol. The van der Waals surface area contributed by atoms with Gasteiger partial charge >= 0.3 is 0 Å². The van der Waals surface area contributed by atoms with Crippen molar-refractivity contribution in [3.05, 3.63) is 23.8 Å². The van der Waals surface area contributed by atoms with Gasteiger partial charge in [0.1, 0.15) is 0 Å². The Bertz CT molecular complexity index is 586. The molecule has 2 aliphatic rings. The first-order chi connectivity index (χ1) is 12.2. The summed E-state index contributed by atoms with van der Waals surface area (Å²) in [7, 11) is 0. The molecule has 1 saturated carbocycles. The number of hydrogen-bond donors (Lipinski definition) is 0. The standard InChI is InChI=1S/C20H30N2O3/c1-3-24-18-9-8-17(14-19(18)25-4-2)20(23)22-11-5-10-21(12-13-22)15-16-6-7-16/h8-9,14,16H,3-7,10-13,15H2,1-2H3. The predicted molar refractivity (Wildman–Crippen MR) is 98.5 cm³/mol. The third-order valence-corrected chi connectivity index (χ3v) is 4.88. The van der Waals surface area contributed by atoms with Crippen LogP contribution in [0.5, 0.6) is 11.5 Å². The molecule has 1 aliphatic heterocycles. The van der Waals surface area contributed by atoms with Gasteiger partial charge in [0.15, 0.2) is 11.5 Å². The topological polar surface area (TPSA) is 42.0 Å². The van der Waals surface area contributed by atoms with Crippen LogP contribution in [0.2, 0.25) is 0 Å². The third kappa shape index (κ3) is 4.88. The summed E-state index contributed by atoms with van der Waals surface area (Å²) in [4.78, 5) is 17.4.